The van der Waals surface area contributed by atoms with E-state index in [1.165, 1.54) is 6.33 Å². The third-order valence-corrected chi connectivity index (χ3v) is 3.53. The first kappa shape index (κ1) is 13.0. The Morgan fingerprint density at radius 1 is 1.67 bits per heavy atom. The van der Waals surface area contributed by atoms with Crippen molar-refractivity contribution >= 4 is 5.91 Å². The number of hydrogen-bond acceptors (Lipinski definition) is 4. The summed E-state index contributed by atoms with van der Waals surface area (Å²) in [5.41, 5.74) is 0. The van der Waals surface area contributed by atoms with Crippen molar-refractivity contribution in [3.8, 4) is 0 Å². The Morgan fingerprint density at radius 3 is 3.06 bits per heavy atom. The Kier molecular flexibility index (Phi) is 4.30. The van der Waals surface area contributed by atoms with E-state index in [0.29, 0.717) is 6.04 Å². The van der Waals surface area contributed by atoms with E-state index >= 15 is 0 Å². The predicted molar refractivity (Wildman–Crippen MR) is 68.0 cm³/mol. The quantitative estimate of drug-likeness (QED) is 0.843. The standard InChI is InChI=1S/C12H21N5O/c1-3-16(11-5-4-6-13-7-11)12(18)10(2)17-9-14-8-15-17/h8-11,13H,3-7H2,1-2H3. The van der Waals surface area contributed by atoms with Gasteiger partial charge in [-0.3, -0.25) is 4.79 Å². The van der Waals surface area contributed by atoms with Gasteiger partial charge in [-0.15, -0.1) is 0 Å². The molecular weight excluding hydrogens is 230 g/mol. The van der Waals surface area contributed by atoms with Crippen LogP contribution < -0.4 is 5.32 Å². The van der Waals surface area contributed by atoms with E-state index in [0.717, 1.165) is 32.5 Å². The molecule has 0 bridgehead atoms. The largest absolute Gasteiger partial charge is 0.337 e. The van der Waals surface area contributed by atoms with Crippen molar-refractivity contribution in [1.82, 2.24) is 25.0 Å². The van der Waals surface area contributed by atoms with E-state index in [2.05, 4.69) is 15.4 Å². The van der Waals surface area contributed by atoms with Crippen LogP contribution in [0.25, 0.3) is 0 Å². The number of likely N-dealkylation sites (N-methyl/N-ethyl adjacent to an activating group) is 1. The Hall–Kier alpha value is -1.43. The van der Waals surface area contributed by atoms with Crippen molar-refractivity contribution in [3.05, 3.63) is 12.7 Å². The summed E-state index contributed by atoms with van der Waals surface area (Å²) < 4.78 is 1.61. The molecule has 1 aromatic rings. The average molecular weight is 251 g/mol. The van der Waals surface area contributed by atoms with Crippen molar-refractivity contribution in [3.63, 3.8) is 0 Å². The fourth-order valence-corrected chi connectivity index (χ4v) is 2.46. The molecule has 1 saturated heterocycles. The van der Waals surface area contributed by atoms with Crippen LogP contribution in [0, 0.1) is 0 Å². The minimum atomic E-state index is -0.283. The Morgan fingerprint density at radius 2 is 2.50 bits per heavy atom. The third-order valence-electron chi connectivity index (χ3n) is 3.53. The molecule has 0 radical (unpaired) electrons. The molecule has 1 aliphatic heterocycles. The van der Waals surface area contributed by atoms with E-state index in [4.69, 9.17) is 0 Å². The van der Waals surface area contributed by atoms with Gasteiger partial charge in [-0.05, 0) is 33.2 Å². The van der Waals surface area contributed by atoms with Gasteiger partial charge in [-0.1, -0.05) is 0 Å². The zero-order valence-corrected chi connectivity index (χ0v) is 11.0. The molecule has 2 heterocycles. The zero-order chi connectivity index (χ0) is 13.0. The van der Waals surface area contributed by atoms with Gasteiger partial charge in [0.05, 0.1) is 0 Å². The highest BCUT2D eigenvalue weighted by atomic mass is 16.2. The van der Waals surface area contributed by atoms with Crippen LogP contribution in [0.15, 0.2) is 12.7 Å². The van der Waals surface area contributed by atoms with E-state index in [-0.39, 0.29) is 11.9 Å². The molecule has 6 nitrogen and oxygen atoms in total. The number of hydrogen-bond donors (Lipinski definition) is 1. The molecule has 1 N–H and O–H groups in total. The molecule has 1 fully saturated rings. The van der Waals surface area contributed by atoms with E-state index in [1.807, 2.05) is 18.7 Å². The summed E-state index contributed by atoms with van der Waals surface area (Å²) in [4.78, 5) is 18.3. The topological polar surface area (TPSA) is 63.1 Å². The van der Waals surface area contributed by atoms with Gasteiger partial charge in [-0.2, -0.15) is 5.10 Å². The van der Waals surface area contributed by atoms with Gasteiger partial charge in [0.2, 0.25) is 5.91 Å². The molecule has 100 valence electrons. The molecule has 0 aliphatic carbocycles. The molecule has 0 saturated carbocycles. The van der Waals surface area contributed by atoms with Crippen molar-refractivity contribution in [2.75, 3.05) is 19.6 Å². The first-order valence-electron chi connectivity index (χ1n) is 6.59. The minimum Gasteiger partial charge on any atom is -0.337 e. The first-order chi connectivity index (χ1) is 8.74. The molecule has 6 heteroatoms. The number of aromatic nitrogens is 3. The lowest BCUT2D eigenvalue weighted by Gasteiger charge is -2.35. The van der Waals surface area contributed by atoms with Gasteiger partial charge in [0.1, 0.15) is 18.7 Å². The summed E-state index contributed by atoms with van der Waals surface area (Å²) >= 11 is 0. The fourth-order valence-electron chi connectivity index (χ4n) is 2.46. The molecule has 1 aromatic heterocycles. The highest BCUT2D eigenvalue weighted by Gasteiger charge is 2.28. The van der Waals surface area contributed by atoms with Crippen molar-refractivity contribution in [2.24, 2.45) is 0 Å². The average Bonchev–Trinajstić information content (AvgIpc) is 2.94. The van der Waals surface area contributed by atoms with Crippen LogP contribution in [0.2, 0.25) is 0 Å². The van der Waals surface area contributed by atoms with Crippen molar-refractivity contribution in [1.29, 1.82) is 0 Å². The maximum atomic E-state index is 12.5. The van der Waals surface area contributed by atoms with Gasteiger partial charge in [0, 0.05) is 19.1 Å². The molecule has 0 aromatic carbocycles. The fraction of sp³-hybridized carbons (Fsp3) is 0.750. The molecule has 1 aliphatic rings. The predicted octanol–water partition coefficient (Wildman–Crippen LogP) is 0.440. The first-order valence-corrected chi connectivity index (χ1v) is 6.59. The summed E-state index contributed by atoms with van der Waals surface area (Å²) in [6, 6.07) is 0.0246. The highest BCUT2D eigenvalue weighted by Crippen LogP contribution is 2.15. The Bertz CT molecular complexity index is 372. The summed E-state index contributed by atoms with van der Waals surface area (Å²) in [5, 5.41) is 7.39. The summed E-state index contributed by atoms with van der Waals surface area (Å²) in [7, 11) is 0. The van der Waals surface area contributed by atoms with Gasteiger partial charge in [0.25, 0.3) is 0 Å². The van der Waals surface area contributed by atoms with Crippen LogP contribution in [0.5, 0.6) is 0 Å². The van der Waals surface area contributed by atoms with Crippen LogP contribution in [-0.2, 0) is 4.79 Å². The molecule has 2 rings (SSSR count). The number of nitrogens with one attached hydrogen (secondary N) is 1. The second kappa shape index (κ2) is 5.95. The molecule has 1 amide bonds. The van der Waals surface area contributed by atoms with Crippen LogP contribution >= 0.6 is 0 Å². The van der Waals surface area contributed by atoms with Gasteiger partial charge in [0.15, 0.2) is 0 Å². The second-order valence-electron chi connectivity index (χ2n) is 4.68. The smallest absolute Gasteiger partial charge is 0.247 e. The second-order valence-corrected chi connectivity index (χ2v) is 4.68. The number of carbonyl (C=O) groups excluding carboxylic acids is 1. The van der Waals surface area contributed by atoms with Crippen LogP contribution in [-0.4, -0.2) is 51.2 Å². The number of rotatable bonds is 4. The van der Waals surface area contributed by atoms with E-state index < -0.39 is 0 Å². The number of carbonyl (C=O) groups is 1. The molecule has 18 heavy (non-hydrogen) atoms. The summed E-state index contributed by atoms with van der Waals surface area (Å²) in [6.07, 6.45) is 5.26. The highest BCUT2D eigenvalue weighted by molar-refractivity contribution is 5.80. The normalized spacial score (nSPS) is 21.6. The number of nitrogens with zero attached hydrogens (tertiary/aromatic N) is 4. The lowest BCUT2D eigenvalue weighted by Crippen LogP contribution is -2.50. The third kappa shape index (κ3) is 2.69. The Labute approximate surface area is 107 Å². The Balaban J connectivity index is 2.04. The van der Waals surface area contributed by atoms with Gasteiger partial charge < -0.3 is 10.2 Å². The SMILES string of the molecule is CCN(C(=O)C(C)n1cncn1)C1CCCNC1. The van der Waals surface area contributed by atoms with E-state index in [9.17, 15) is 4.79 Å². The molecular formula is C12H21N5O. The van der Waals surface area contributed by atoms with Crippen molar-refractivity contribution in [2.45, 2.75) is 38.8 Å². The molecule has 0 spiro atoms. The molecule has 2 atom stereocenters. The van der Waals surface area contributed by atoms with Crippen LogP contribution in [0.3, 0.4) is 0 Å². The van der Waals surface area contributed by atoms with Crippen molar-refractivity contribution < 1.29 is 4.79 Å². The maximum Gasteiger partial charge on any atom is 0.247 e. The monoisotopic (exact) mass is 251 g/mol. The molecule has 2 unspecified atom stereocenters. The van der Waals surface area contributed by atoms with Crippen LogP contribution in [0.4, 0.5) is 0 Å². The number of amides is 1. The minimum absolute atomic E-state index is 0.122. The van der Waals surface area contributed by atoms with Gasteiger partial charge >= 0.3 is 0 Å². The number of piperidine rings is 1. The van der Waals surface area contributed by atoms with Crippen LogP contribution in [0.1, 0.15) is 32.7 Å². The lowest BCUT2D eigenvalue weighted by atomic mass is 10.0. The lowest BCUT2D eigenvalue weighted by molar-refractivity contribution is -0.137. The summed E-state index contributed by atoms with van der Waals surface area (Å²) in [5.74, 6) is 0.122. The summed E-state index contributed by atoms with van der Waals surface area (Å²) in [6.45, 7) is 6.59. The van der Waals surface area contributed by atoms with E-state index in [1.54, 1.807) is 11.0 Å². The zero-order valence-electron chi connectivity index (χ0n) is 11.0. The maximum absolute atomic E-state index is 12.5. The van der Waals surface area contributed by atoms with Gasteiger partial charge in [-0.25, -0.2) is 9.67 Å².